The van der Waals surface area contributed by atoms with Gasteiger partial charge in [0.05, 0.1) is 5.56 Å². The maximum Gasteiger partial charge on any atom is 0.343 e. The molecule has 1 saturated heterocycles. The third kappa shape index (κ3) is 2.76. The summed E-state index contributed by atoms with van der Waals surface area (Å²) in [5, 5.41) is 0. The number of rotatable bonds is 2. The molecule has 0 spiro atoms. The molecule has 4 nitrogen and oxygen atoms in total. The molecule has 2 aromatic carbocycles. The highest BCUT2D eigenvalue weighted by atomic mass is 16.6. The van der Waals surface area contributed by atoms with Gasteiger partial charge < -0.3 is 9.47 Å². The molecule has 1 fully saturated rings. The van der Waals surface area contributed by atoms with Gasteiger partial charge in [0.25, 0.3) is 0 Å². The molecule has 0 radical (unpaired) electrons. The van der Waals surface area contributed by atoms with Crippen molar-refractivity contribution in [2.45, 2.75) is 39.7 Å². The predicted molar refractivity (Wildman–Crippen MR) is 102 cm³/mol. The highest BCUT2D eigenvalue weighted by molar-refractivity contribution is 5.93. The number of esters is 2. The van der Waals surface area contributed by atoms with Crippen molar-refractivity contribution in [3.8, 4) is 5.75 Å². The van der Waals surface area contributed by atoms with Gasteiger partial charge in [-0.25, -0.2) is 9.59 Å². The average molecular weight is 362 g/mol. The summed E-state index contributed by atoms with van der Waals surface area (Å²) in [6.45, 7) is 9.73. The van der Waals surface area contributed by atoms with E-state index in [0.29, 0.717) is 16.9 Å². The first-order chi connectivity index (χ1) is 12.9. The Morgan fingerprint density at radius 3 is 2.67 bits per heavy atom. The van der Waals surface area contributed by atoms with Crippen LogP contribution >= 0.6 is 0 Å². The van der Waals surface area contributed by atoms with Crippen molar-refractivity contribution in [1.82, 2.24) is 0 Å². The quantitative estimate of drug-likeness (QED) is 0.447. The van der Waals surface area contributed by atoms with Gasteiger partial charge in [-0.1, -0.05) is 24.8 Å². The van der Waals surface area contributed by atoms with E-state index >= 15 is 0 Å². The van der Waals surface area contributed by atoms with Crippen LogP contribution in [-0.4, -0.2) is 11.9 Å². The normalized spacial score (nSPS) is 20.7. The molecule has 0 unspecified atom stereocenters. The second-order valence-corrected chi connectivity index (χ2v) is 7.41. The van der Waals surface area contributed by atoms with Crippen molar-refractivity contribution < 1.29 is 19.1 Å². The third-order valence-electron chi connectivity index (χ3n) is 5.79. The molecule has 0 bridgehead atoms. The molecule has 0 N–H and O–H groups in total. The van der Waals surface area contributed by atoms with Crippen molar-refractivity contribution in [2.75, 3.05) is 0 Å². The van der Waals surface area contributed by atoms with Crippen LogP contribution in [-0.2, 0) is 16.0 Å². The lowest BCUT2D eigenvalue weighted by molar-refractivity contribution is -0.139. The van der Waals surface area contributed by atoms with Gasteiger partial charge in [0.15, 0.2) is 0 Å². The second kappa shape index (κ2) is 6.38. The van der Waals surface area contributed by atoms with E-state index in [1.54, 1.807) is 6.07 Å². The Labute approximate surface area is 158 Å². The number of hydrogen-bond donors (Lipinski definition) is 0. The molecule has 0 aromatic heterocycles. The largest absolute Gasteiger partial charge is 0.453 e. The van der Waals surface area contributed by atoms with E-state index in [9.17, 15) is 9.59 Å². The number of fused-ring (bicyclic) bond motifs is 3. The summed E-state index contributed by atoms with van der Waals surface area (Å²) in [5.74, 6) is -0.174. The average Bonchev–Trinajstić information content (AvgIpc) is 2.93. The Hall–Kier alpha value is -2.88. The van der Waals surface area contributed by atoms with Crippen LogP contribution in [0.25, 0.3) is 0 Å². The summed E-state index contributed by atoms with van der Waals surface area (Å²) in [7, 11) is 0. The lowest BCUT2D eigenvalue weighted by Gasteiger charge is -2.30. The van der Waals surface area contributed by atoms with Crippen molar-refractivity contribution in [3.05, 3.63) is 75.9 Å². The third-order valence-corrected chi connectivity index (χ3v) is 5.79. The van der Waals surface area contributed by atoms with Gasteiger partial charge in [-0.15, -0.1) is 0 Å². The molecule has 0 amide bonds. The minimum absolute atomic E-state index is 0.00502. The summed E-state index contributed by atoms with van der Waals surface area (Å²) in [6, 6.07) is 9.27. The monoisotopic (exact) mass is 362 g/mol. The summed E-state index contributed by atoms with van der Waals surface area (Å²) in [6.07, 6.45) is 1.39. The first-order valence-corrected chi connectivity index (χ1v) is 9.19. The van der Waals surface area contributed by atoms with Crippen molar-refractivity contribution in [1.29, 1.82) is 0 Å². The van der Waals surface area contributed by atoms with Gasteiger partial charge in [-0.2, -0.15) is 0 Å². The number of carbonyl (C=O) groups excluding carboxylic acids is 2. The highest BCUT2D eigenvalue weighted by Crippen LogP contribution is 2.49. The molecule has 4 heteroatoms. The van der Waals surface area contributed by atoms with Gasteiger partial charge >= 0.3 is 11.9 Å². The van der Waals surface area contributed by atoms with Crippen LogP contribution in [0.1, 0.15) is 50.7 Å². The summed E-state index contributed by atoms with van der Waals surface area (Å²) < 4.78 is 11.4. The zero-order valence-electron chi connectivity index (χ0n) is 15.8. The SMILES string of the molecule is C=C1C(=O)O[C@H]2c3c(C)c(OC(=O)c4ccccc4C)cc(C)c3CC[C@@H]12. The molecule has 0 saturated carbocycles. The molecule has 2 aromatic rings. The van der Waals surface area contributed by atoms with E-state index < -0.39 is 0 Å². The van der Waals surface area contributed by atoms with Crippen LogP contribution in [0.5, 0.6) is 5.75 Å². The van der Waals surface area contributed by atoms with Gasteiger partial charge in [-0.3, -0.25) is 0 Å². The minimum atomic E-state index is -0.379. The van der Waals surface area contributed by atoms with E-state index in [2.05, 4.69) is 6.58 Å². The highest BCUT2D eigenvalue weighted by Gasteiger charge is 2.44. The topological polar surface area (TPSA) is 52.6 Å². The molecule has 27 heavy (non-hydrogen) atoms. The standard InChI is InChI=1S/C23H22O4/c1-12-7-5-6-8-17(12)23(25)26-19-11-13(2)16-9-10-18-14(3)22(24)27-21(18)20(16)15(19)4/h5-8,11,18,21H,3,9-10H2,1-2,4H3/t18-,21+/m0/s1. The van der Waals surface area contributed by atoms with Gasteiger partial charge in [0.2, 0.25) is 0 Å². The molecule has 4 rings (SSSR count). The van der Waals surface area contributed by atoms with E-state index in [-0.39, 0.29) is 24.0 Å². The van der Waals surface area contributed by atoms with Crippen LogP contribution in [0.2, 0.25) is 0 Å². The molecule has 1 aliphatic heterocycles. The van der Waals surface area contributed by atoms with Crippen molar-refractivity contribution >= 4 is 11.9 Å². The van der Waals surface area contributed by atoms with Crippen LogP contribution in [0, 0.1) is 26.7 Å². The van der Waals surface area contributed by atoms with Gasteiger partial charge in [0.1, 0.15) is 11.9 Å². The fourth-order valence-corrected chi connectivity index (χ4v) is 4.24. The van der Waals surface area contributed by atoms with Crippen LogP contribution in [0.15, 0.2) is 42.5 Å². The lowest BCUT2D eigenvalue weighted by Crippen LogP contribution is -2.21. The summed E-state index contributed by atoms with van der Waals surface area (Å²) >= 11 is 0. The molecular formula is C23H22O4. The summed E-state index contributed by atoms with van der Waals surface area (Å²) in [5.41, 5.74) is 6.04. The Kier molecular flexibility index (Phi) is 4.14. The number of hydrogen-bond acceptors (Lipinski definition) is 4. The number of ether oxygens (including phenoxy) is 2. The van der Waals surface area contributed by atoms with Crippen LogP contribution in [0.4, 0.5) is 0 Å². The van der Waals surface area contributed by atoms with Crippen LogP contribution in [0.3, 0.4) is 0 Å². The summed E-state index contributed by atoms with van der Waals surface area (Å²) in [4.78, 5) is 24.7. The first kappa shape index (κ1) is 17.5. The molecular weight excluding hydrogens is 340 g/mol. The number of benzene rings is 2. The van der Waals surface area contributed by atoms with Crippen molar-refractivity contribution in [2.24, 2.45) is 5.92 Å². The Bertz CT molecular complexity index is 986. The van der Waals surface area contributed by atoms with Gasteiger partial charge in [-0.05, 0) is 68.0 Å². The molecule has 138 valence electrons. The maximum atomic E-state index is 12.7. The minimum Gasteiger partial charge on any atom is -0.453 e. The molecule has 2 aliphatic rings. The first-order valence-electron chi connectivity index (χ1n) is 9.19. The zero-order chi connectivity index (χ0) is 19.3. The second-order valence-electron chi connectivity index (χ2n) is 7.41. The number of aryl methyl sites for hydroxylation is 2. The fourth-order valence-electron chi connectivity index (χ4n) is 4.24. The van der Waals surface area contributed by atoms with Crippen molar-refractivity contribution in [3.63, 3.8) is 0 Å². The lowest BCUT2D eigenvalue weighted by atomic mass is 9.76. The van der Waals surface area contributed by atoms with E-state index in [1.807, 2.05) is 45.0 Å². The molecule has 1 heterocycles. The van der Waals surface area contributed by atoms with E-state index in [1.165, 1.54) is 5.56 Å². The molecule has 2 atom stereocenters. The fraction of sp³-hybridized carbons (Fsp3) is 0.304. The Balaban J connectivity index is 1.74. The Morgan fingerprint density at radius 1 is 1.19 bits per heavy atom. The van der Waals surface area contributed by atoms with Gasteiger partial charge in [0, 0.05) is 17.1 Å². The van der Waals surface area contributed by atoms with E-state index in [4.69, 9.17) is 9.47 Å². The smallest absolute Gasteiger partial charge is 0.343 e. The molecule has 1 aliphatic carbocycles. The van der Waals surface area contributed by atoms with E-state index in [0.717, 1.165) is 35.1 Å². The maximum absolute atomic E-state index is 12.7. The zero-order valence-corrected chi connectivity index (χ0v) is 15.8. The number of carbonyl (C=O) groups is 2. The van der Waals surface area contributed by atoms with Crippen LogP contribution < -0.4 is 4.74 Å². The predicted octanol–water partition coefficient (Wildman–Crippen LogP) is 4.55. The Morgan fingerprint density at radius 2 is 1.93 bits per heavy atom.